The van der Waals surface area contributed by atoms with Crippen LogP contribution in [-0.2, 0) is 6.54 Å². The van der Waals surface area contributed by atoms with E-state index in [1.54, 1.807) is 17.9 Å². The number of nitrogens with zero attached hydrogens (tertiary/aromatic N) is 2. The van der Waals surface area contributed by atoms with E-state index in [2.05, 4.69) is 5.10 Å². The molecule has 5 heteroatoms. The van der Waals surface area contributed by atoms with Crippen molar-refractivity contribution in [2.45, 2.75) is 6.54 Å². The molecule has 0 radical (unpaired) electrons. The second-order valence-corrected chi connectivity index (χ2v) is 4.76. The summed E-state index contributed by atoms with van der Waals surface area (Å²) in [6.45, 7) is 0.537. The molecular formula is C16H15N3O2. The van der Waals surface area contributed by atoms with Crippen LogP contribution in [0.3, 0.4) is 0 Å². The van der Waals surface area contributed by atoms with Gasteiger partial charge in [-0.25, -0.2) is 0 Å². The minimum Gasteiger partial charge on any atom is -0.495 e. The van der Waals surface area contributed by atoms with Crippen LogP contribution in [0, 0.1) is 0 Å². The number of fused-ring (bicyclic) bond motifs is 1. The van der Waals surface area contributed by atoms with E-state index in [1.807, 2.05) is 36.4 Å². The molecule has 3 aromatic rings. The average Bonchev–Trinajstić information content (AvgIpc) is 2.51. The summed E-state index contributed by atoms with van der Waals surface area (Å²) in [4.78, 5) is 11.8. The Morgan fingerprint density at radius 3 is 2.81 bits per heavy atom. The summed E-state index contributed by atoms with van der Waals surface area (Å²) in [5.74, 6) is 0.650. The first-order valence-corrected chi connectivity index (χ1v) is 6.56. The van der Waals surface area contributed by atoms with Crippen molar-refractivity contribution in [1.82, 2.24) is 9.78 Å². The van der Waals surface area contributed by atoms with Crippen molar-refractivity contribution in [2.24, 2.45) is 0 Å². The van der Waals surface area contributed by atoms with Crippen LogP contribution in [0.25, 0.3) is 10.9 Å². The lowest BCUT2D eigenvalue weighted by atomic mass is 10.1. The van der Waals surface area contributed by atoms with Gasteiger partial charge in [0.15, 0.2) is 0 Å². The Labute approximate surface area is 121 Å². The summed E-state index contributed by atoms with van der Waals surface area (Å²) in [5, 5.41) is 4.87. The zero-order chi connectivity index (χ0) is 14.8. The van der Waals surface area contributed by atoms with Gasteiger partial charge < -0.3 is 10.5 Å². The molecule has 0 spiro atoms. The molecule has 0 aliphatic heterocycles. The number of methoxy groups -OCH3 is 1. The maximum Gasteiger partial charge on any atom is 0.207 e. The highest BCUT2D eigenvalue weighted by atomic mass is 16.5. The Kier molecular flexibility index (Phi) is 3.31. The van der Waals surface area contributed by atoms with Gasteiger partial charge >= 0.3 is 0 Å². The van der Waals surface area contributed by atoms with E-state index in [9.17, 15) is 4.79 Å². The van der Waals surface area contributed by atoms with E-state index in [-0.39, 0.29) is 5.43 Å². The molecule has 2 aromatic carbocycles. The molecule has 2 N–H and O–H groups in total. The number of hydrogen-bond acceptors (Lipinski definition) is 4. The van der Waals surface area contributed by atoms with Crippen molar-refractivity contribution in [3.8, 4) is 5.75 Å². The van der Waals surface area contributed by atoms with Crippen LogP contribution < -0.4 is 15.9 Å². The van der Waals surface area contributed by atoms with Gasteiger partial charge in [0, 0.05) is 5.39 Å². The zero-order valence-electron chi connectivity index (χ0n) is 11.6. The number of ether oxygens (including phenoxy) is 1. The van der Waals surface area contributed by atoms with E-state index in [0.29, 0.717) is 23.4 Å². The van der Waals surface area contributed by atoms with E-state index in [0.717, 1.165) is 11.1 Å². The quantitative estimate of drug-likeness (QED) is 0.746. The maximum atomic E-state index is 11.8. The van der Waals surface area contributed by atoms with Crippen LogP contribution in [0.4, 0.5) is 5.69 Å². The highest BCUT2D eigenvalue weighted by Crippen LogP contribution is 2.22. The second-order valence-electron chi connectivity index (χ2n) is 4.76. The van der Waals surface area contributed by atoms with Crippen molar-refractivity contribution in [1.29, 1.82) is 0 Å². The van der Waals surface area contributed by atoms with Crippen LogP contribution in [0.2, 0.25) is 0 Å². The van der Waals surface area contributed by atoms with Gasteiger partial charge in [-0.1, -0.05) is 18.2 Å². The summed E-state index contributed by atoms with van der Waals surface area (Å²) in [7, 11) is 1.59. The molecule has 5 nitrogen and oxygen atoms in total. The monoisotopic (exact) mass is 281 g/mol. The van der Waals surface area contributed by atoms with Crippen molar-refractivity contribution in [3.63, 3.8) is 0 Å². The van der Waals surface area contributed by atoms with E-state index in [1.165, 1.54) is 6.20 Å². The number of nitrogens with two attached hydrogens (primary N) is 1. The summed E-state index contributed by atoms with van der Waals surface area (Å²) >= 11 is 0. The normalized spacial score (nSPS) is 10.7. The van der Waals surface area contributed by atoms with Gasteiger partial charge in [0.25, 0.3) is 0 Å². The molecule has 0 amide bonds. The lowest BCUT2D eigenvalue weighted by Crippen LogP contribution is -2.13. The number of hydrogen-bond donors (Lipinski definition) is 1. The van der Waals surface area contributed by atoms with Gasteiger partial charge in [0.2, 0.25) is 5.43 Å². The van der Waals surface area contributed by atoms with E-state index in [4.69, 9.17) is 10.5 Å². The molecule has 1 aromatic heterocycles. The molecule has 106 valence electrons. The SMILES string of the molecule is COc1ccc(Cn2ncc(=O)c3ccccc32)cc1N. The molecule has 0 saturated carbocycles. The van der Waals surface area contributed by atoms with Crippen LogP contribution in [0.5, 0.6) is 5.75 Å². The number of benzene rings is 2. The van der Waals surface area contributed by atoms with Crippen molar-refractivity contribution in [2.75, 3.05) is 12.8 Å². The first-order valence-electron chi connectivity index (χ1n) is 6.56. The summed E-state index contributed by atoms with van der Waals surface area (Å²) in [6.07, 6.45) is 1.34. The molecule has 0 fully saturated rings. The van der Waals surface area contributed by atoms with Crippen molar-refractivity contribution >= 4 is 16.6 Å². The van der Waals surface area contributed by atoms with E-state index < -0.39 is 0 Å². The van der Waals surface area contributed by atoms with Crippen molar-refractivity contribution < 1.29 is 4.74 Å². The highest BCUT2D eigenvalue weighted by Gasteiger charge is 2.06. The lowest BCUT2D eigenvalue weighted by Gasteiger charge is -2.11. The fourth-order valence-electron chi connectivity index (χ4n) is 2.34. The maximum absolute atomic E-state index is 11.8. The van der Waals surface area contributed by atoms with Gasteiger partial charge in [-0.3, -0.25) is 9.48 Å². The van der Waals surface area contributed by atoms with Gasteiger partial charge in [0.1, 0.15) is 5.75 Å². The third-order valence-corrected chi connectivity index (χ3v) is 3.39. The molecule has 0 saturated heterocycles. The molecule has 0 aliphatic rings. The summed E-state index contributed by atoms with van der Waals surface area (Å²) < 4.78 is 6.94. The predicted molar refractivity (Wildman–Crippen MR) is 82.5 cm³/mol. The van der Waals surface area contributed by atoms with E-state index >= 15 is 0 Å². The first kappa shape index (κ1) is 13.2. The molecule has 0 unspecified atom stereocenters. The van der Waals surface area contributed by atoms with Crippen LogP contribution >= 0.6 is 0 Å². The Morgan fingerprint density at radius 1 is 1.24 bits per heavy atom. The molecule has 3 rings (SSSR count). The molecule has 0 atom stereocenters. The summed E-state index contributed by atoms with van der Waals surface area (Å²) in [5.41, 5.74) is 8.23. The topological polar surface area (TPSA) is 70.1 Å². The van der Waals surface area contributed by atoms with Gasteiger partial charge in [-0.15, -0.1) is 0 Å². The van der Waals surface area contributed by atoms with Crippen LogP contribution in [0.15, 0.2) is 53.5 Å². The molecular weight excluding hydrogens is 266 g/mol. The zero-order valence-corrected chi connectivity index (χ0v) is 11.6. The van der Waals surface area contributed by atoms with Crippen molar-refractivity contribution in [3.05, 3.63) is 64.4 Å². The largest absolute Gasteiger partial charge is 0.495 e. The minimum atomic E-state index is -0.0731. The molecule has 21 heavy (non-hydrogen) atoms. The molecule has 1 heterocycles. The summed E-state index contributed by atoms with van der Waals surface area (Å²) in [6, 6.07) is 13.0. The molecule has 0 aliphatic carbocycles. The van der Waals surface area contributed by atoms with Gasteiger partial charge in [-0.05, 0) is 29.8 Å². The standard InChI is InChI=1S/C16H15N3O2/c1-21-16-7-6-11(8-13(16)17)10-19-14-5-3-2-4-12(14)15(20)9-18-19/h2-9H,10,17H2,1H3. The Hall–Kier alpha value is -2.82. The lowest BCUT2D eigenvalue weighted by molar-refractivity contribution is 0.417. The predicted octanol–water partition coefficient (Wildman–Crippen LogP) is 2.04. The Bertz CT molecular complexity index is 856. The van der Waals surface area contributed by atoms with Crippen LogP contribution in [0.1, 0.15) is 5.56 Å². The third-order valence-electron chi connectivity index (χ3n) is 3.39. The highest BCUT2D eigenvalue weighted by molar-refractivity contribution is 5.78. The number of aromatic nitrogens is 2. The fraction of sp³-hybridized carbons (Fsp3) is 0.125. The van der Waals surface area contributed by atoms with Gasteiger partial charge in [-0.2, -0.15) is 5.10 Å². The molecule has 0 bridgehead atoms. The number of rotatable bonds is 3. The second kappa shape index (κ2) is 5.28. The first-order chi connectivity index (χ1) is 10.2. The third kappa shape index (κ3) is 2.45. The average molecular weight is 281 g/mol. The number of para-hydroxylation sites is 1. The number of nitrogen functional groups attached to an aromatic ring is 1. The van der Waals surface area contributed by atoms with Gasteiger partial charge in [0.05, 0.1) is 31.1 Å². The Balaban J connectivity index is 2.04. The fourth-order valence-corrected chi connectivity index (χ4v) is 2.34. The Morgan fingerprint density at radius 2 is 2.05 bits per heavy atom. The van der Waals surface area contributed by atoms with Crippen LogP contribution in [-0.4, -0.2) is 16.9 Å². The minimum absolute atomic E-state index is 0.0731. The smallest absolute Gasteiger partial charge is 0.207 e. The number of anilines is 1.